The molecule has 2 bridgehead atoms. The molecule has 0 N–H and O–H groups in total. The second kappa shape index (κ2) is 6.60. The third-order valence-electron chi connectivity index (χ3n) is 3.95. The molecular weight excluding hydrogens is 252 g/mol. The van der Waals surface area contributed by atoms with Crippen LogP contribution in [0, 0.1) is 0 Å². The number of carbonyl (C=O) groups is 1. The Labute approximate surface area is 119 Å². The van der Waals surface area contributed by atoms with Crippen LogP contribution in [0.3, 0.4) is 0 Å². The van der Waals surface area contributed by atoms with Gasteiger partial charge in [-0.05, 0) is 56.4 Å². The summed E-state index contributed by atoms with van der Waals surface area (Å²) in [6, 6.07) is 7.81. The molecule has 1 fully saturated rings. The highest BCUT2D eigenvalue weighted by Crippen LogP contribution is 2.34. The Hall–Kier alpha value is -1.77. The van der Waals surface area contributed by atoms with Crippen LogP contribution in [0.2, 0.25) is 0 Å². The lowest BCUT2D eigenvalue weighted by molar-refractivity contribution is -0.157. The summed E-state index contributed by atoms with van der Waals surface area (Å²) < 4.78 is 10.5. The summed E-state index contributed by atoms with van der Waals surface area (Å²) in [4.78, 5) is 11.1. The van der Waals surface area contributed by atoms with Gasteiger partial charge in [0.1, 0.15) is 16.8 Å². The van der Waals surface area contributed by atoms with Crippen molar-refractivity contribution in [3.8, 4) is 0 Å². The number of carbonyl (C=O) groups excluding carboxylic acids is 1. The molecule has 2 heterocycles. The lowest BCUT2D eigenvalue weighted by Crippen LogP contribution is -2.36. The van der Waals surface area contributed by atoms with Crippen molar-refractivity contribution in [3.63, 3.8) is 0 Å². The monoisotopic (exact) mass is 274 g/mol. The normalized spacial score (nSPS) is 17.2. The Bertz CT molecular complexity index is 489. The van der Waals surface area contributed by atoms with Gasteiger partial charge in [0.15, 0.2) is 0 Å². The zero-order valence-corrected chi connectivity index (χ0v) is 12.1. The second-order valence-corrected chi connectivity index (χ2v) is 5.30. The summed E-state index contributed by atoms with van der Waals surface area (Å²) in [6.07, 6.45) is 7.84. The van der Waals surface area contributed by atoms with E-state index < -0.39 is 0 Å². The van der Waals surface area contributed by atoms with Crippen LogP contribution in [-0.4, -0.2) is 11.6 Å². The number of hydrogen-bond donors (Lipinski definition) is 0. The van der Waals surface area contributed by atoms with Gasteiger partial charge in [0.25, 0.3) is 0 Å². The third-order valence-corrected chi connectivity index (χ3v) is 3.95. The van der Waals surface area contributed by atoms with Crippen molar-refractivity contribution in [2.45, 2.75) is 51.0 Å². The van der Waals surface area contributed by atoms with Crippen molar-refractivity contribution >= 4 is 17.1 Å². The first kappa shape index (κ1) is 14.6. The van der Waals surface area contributed by atoms with Crippen LogP contribution in [0.15, 0.2) is 41.3 Å². The molecule has 0 atom stereocenters. The highest BCUT2D eigenvalue weighted by Gasteiger charge is 2.33. The van der Waals surface area contributed by atoms with Gasteiger partial charge in [-0.3, -0.25) is 0 Å². The number of benzene rings is 1. The van der Waals surface area contributed by atoms with Crippen molar-refractivity contribution in [1.82, 2.24) is 0 Å². The van der Waals surface area contributed by atoms with Crippen LogP contribution in [0.1, 0.15) is 45.4 Å². The molecule has 0 aliphatic heterocycles. The highest BCUT2D eigenvalue weighted by atomic mass is 16.6. The van der Waals surface area contributed by atoms with Crippen molar-refractivity contribution < 1.29 is 13.9 Å². The maximum Gasteiger partial charge on any atom is 0.330 e. The van der Waals surface area contributed by atoms with Crippen molar-refractivity contribution in [2.24, 2.45) is 0 Å². The van der Waals surface area contributed by atoms with Gasteiger partial charge in [-0.25, -0.2) is 4.79 Å². The zero-order valence-electron chi connectivity index (χ0n) is 12.1. The topological polar surface area (TPSA) is 39.4 Å². The first-order valence-electron chi connectivity index (χ1n) is 7.31. The second-order valence-electron chi connectivity index (χ2n) is 5.30. The van der Waals surface area contributed by atoms with Crippen LogP contribution in [0.25, 0.3) is 11.2 Å². The van der Waals surface area contributed by atoms with E-state index in [1.54, 1.807) is 0 Å². The maximum atomic E-state index is 11.1. The van der Waals surface area contributed by atoms with Gasteiger partial charge in [0.05, 0.1) is 0 Å². The summed E-state index contributed by atoms with van der Waals surface area (Å²) in [5.41, 5.74) is 1.76. The number of hydrogen-bond acceptors (Lipinski definition) is 3. The smallest absolute Gasteiger partial charge is 0.330 e. The molecule has 3 rings (SSSR count). The van der Waals surface area contributed by atoms with Gasteiger partial charge >= 0.3 is 5.97 Å². The van der Waals surface area contributed by atoms with Crippen LogP contribution in [0.5, 0.6) is 0 Å². The van der Waals surface area contributed by atoms with E-state index in [0.717, 1.165) is 30.4 Å². The van der Waals surface area contributed by atoms with Gasteiger partial charge in [-0.2, -0.15) is 0 Å². The predicted molar refractivity (Wildman–Crippen MR) is 79.8 cm³/mol. The summed E-state index contributed by atoms with van der Waals surface area (Å²) in [5.74, 6) is -0.274. The lowest BCUT2D eigenvalue weighted by Gasteiger charge is -2.35. The molecule has 3 nitrogen and oxygen atoms in total. The van der Waals surface area contributed by atoms with Gasteiger partial charge in [0.2, 0.25) is 0 Å². The van der Waals surface area contributed by atoms with E-state index in [1.165, 1.54) is 25.3 Å². The van der Waals surface area contributed by atoms with Crippen molar-refractivity contribution in [2.75, 3.05) is 0 Å². The molecule has 20 heavy (non-hydrogen) atoms. The van der Waals surface area contributed by atoms with Gasteiger partial charge in [-0.1, -0.05) is 19.9 Å². The molecule has 1 saturated carbocycles. The number of rotatable bonds is 3. The summed E-state index contributed by atoms with van der Waals surface area (Å²) in [5, 5.41) is 0. The number of fused-ring (bicyclic) bond motifs is 2. The third kappa shape index (κ3) is 3.62. The van der Waals surface area contributed by atoms with E-state index in [2.05, 4.69) is 13.5 Å². The molecule has 1 aliphatic rings. The summed E-state index contributed by atoms with van der Waals surface area (Å²) >= 11 is 0. The van der Waals surface area contributed by atoms with Crippen LogP contribution < -0.4 is 0 Å². The zero-order chi connectivity index (χ0) is 14.4. The quantitative estimate of drug-likeness (QED) is 0.601. The average Bonchev–Trinajstić information content (AvgIpc) is 3.14. The average molecular weight is 274 g/mol. The molecule has 1 aliphatic carbocycles. The van der Waals surface area contributed by atoms with E-state index in [9.17, 15) is 4.79 Å². The fourth-order valence-corrected chi connectivity index (χ4v) is 2.69. The first-order chi connectivity index (χ1) is 9.67. The molecule has 2 aromatic heterocycles. The van der Waals surface area contributed by atoms with E-state index in [0.29, 0.717) is 0 Å². The molecule has 108 valence electrons. The summed E-state index contributed by atoms with van der Waals surface area (Å²) in [6.45, 7) is 5.50. The Morgan fingerprint density at radius 2 is 1.80 bits per heavy atom. The molecule has 0 spiro atoms. The molecule has 3 heteroatoms. The van der Waals surface area contributed by atoms with E-state index in [-0.39, 0.29) is 11.6 Å². The van der Waals surface area contributed by atoms with Crippen molar-refractivity contribution in [3.05, 3.63) is 36.9 Å². The molecule has 0 aromatic carbocycles. The molecule has 0 radical (unpaired) electrons. The van der Waals surface area contributed by atoms with Crippen molar-refractivity contribution in [1.29, 1.82) is 0 Å². The van der Waals surface area contributed by atoms with E-state index in [4.69, 9.17) is 9.15 Å². The minimum atomic E-state index is -0.274. The van der Waals surface area contributed by atoms with E-state index in [1.807, 2.05) is 24.3 Å². The SMILES string of the molecule is C=CC(=O)OC1(CC)CCCCC1.c1cc2ccc1o2. The Morgan fingerprint density at radius 3 is 2.15 bits per heavy atom. The fourth-order valence-electron chi connectivity index (χ4n) is 2.69. The highest BCUT2D eigenvalue weighted by molar-refractivity contribution is 5.81. The minimum absolute atomic E-state index is 0.177. The molecular formula is C17H22O3. The maximum absolute atomic E-state index is 11.1. The first-order valence-corrected chi connectivity index (χ1v) is 7.31. The fraction of sp³-hybridized carbons (Fsp3) is 0.471. The summed E-state index contributed by atoms with van der Waals surface area (Å²) in [7, 11) is 0. The van der Waals surface area contributed by atoms with Crippen LogP contribution in [-0.2, 0) is 9.53 Å². The molecule has 0 amide bonds. The Kier molecular flexibility index (Phi) is 4.83. The number of ether oxygens (including phenoxy) is 1. The Balaban J connectivity index is 0.000000173. The van der Waals surface area contributed by atoms with Crippen LogP contribution >= 0.6 is 0 Å². The standard InChI is InChI=1S/C11H18O2.C6H4O/c1-3-10(12)13-11(4-2)8-6-5-7-9-11;1-2-6-4-3-5(1)7-6/h3H,1,4-9H2,2H3;1-4H. The number of furan rings is 2. The molecule has 0 unspecified atom stereocenters. The van der Waals surface area contributed by atoms with Gasteiger partial charge < -0.3 is 9.15 Å². The van der Waals surface area contributed by atoms with E-state index >= 15 is 0 Å². The predicted octanol–water partition coefficient (Wildman–Crippen LogP) is 4.70. The number of esters is 1. The van der Waals surface area contributed by atoms with Crippen LogP contribution in [0.4, 0.5) is 0 Å². The molecule has 2 aromatic rings. The van der Waals surface area contributed by atoms with Gasteiger partial charge in [0, 0.05) is 6.08 Å². The Morgan fingerprint density at radius 1 is 1.25 bits per heavy atom. The largest absolute Gasteiger partial charge is 0.457 e. The molecule has 0 saturated heterocycles. The minimum Gasteiger partial charge on any atom is -0.457 e. The lowest BCUT2D eigenvalue weighted by atomic mass is 9.83. The van der Waals surface area contributed by atoms with Gasteiger partial charge in [-0.15, -0.1) is 0 Å².